The van der Waals surface area contributed by atoms with Crippen LogP contribution in [0.4, 0.5) is 0 Å². The molecule has 17 heavy (non-hydrogen) atoms. The Hall–Kier alpha value is -2.27. The zero-order valence-electron chi connectivity index (χ0n) is 8.91. The molecular weight excluding hydrogens is 216 g/mol. The number of nitrogens with zero attached hydrogens (tertiary/aromatic N) is 3. The van der Waals surface area contributed by atoms with Crippen molar-refractivity contribution in [1.82, 2.24) is 20.2 Å². The Bertz CT molecular complexity index is 636. The summed E-state index contributed by atoms with van der Waals surface area (Å²) in [4.78, 5) is 8.18. The third kappa shape index (κ3) is 1.76. The average Bonchev–Trinajstić information content (AvgIpc) is 2.91. The summed E-state index contributed by atoms with van der Waals surface area (Å²) in [5, 5.41) is 17.5. The summed E-state index contributed by atoms with van der Waals surface area (Å²) in [7, 11) is 0. The number of aromatic nitrogens is 4. The van der Waals surface area contributed by atoms with Gasteiger partial charge in [0.05, 0.1) is 5.52 Å². The molecular formula is C12H10N4O. The van der Waals surface area contributed by atoms with Crippen LogP contribution < -0.4 is 0 Å². The zero-order valence-corrected chi connectivity index (χ0v) is 8.91. The number of rotatable bonds is 2. The largest absolute Gasteiger partial charge is 0.380 e. The number of fused-ring (bicyclic) bond motifs is 1. The van der Waals surface area contributed by atoms with Gasteiger partial charge in [0.25, 0.3) is 0 Å². The predicted molar refractivity (Wildman–Crippen MR) is 62.2 cm³/mol. The second-order valence-electron chi connectivity index (χ2n) is 3.73. The minimum absolute atomic E-state index is 0.431. The van der Waals surface area contributed by atoms with E-state index < -0.39 is 6.10 Å². The summed E-state index contributed by atoms with van der Waals surface area (Å²) in [6, 6.07) is 9.50. The minimum Gasteiger partial charge on any atom is -0.380 e. The van der Waals surface area contributed by atoms with Gasteiger partial charge in [0.1, 0.15) is 12.4 Å². The summed E-state index contributed by atoms with van der Waals surface area (Å²) in [5.74, 6) is 0.431. The van der Waals surface area contributed by atoms with Gasteiger partial charge >= 0.3 is 0 Å². The smallest absolute Gasteiger partial charge is 0.157 e. The zero-order chi connectivity index (χ0) is 11.7. The molecule has 1 atom stereocenters. The van der Waals surface area contributed by atoms with Crippen LogP contribution in [0.25, 0.3) is 10.9 Å². The fourth-order valence-corrected chi connectivity index (χ4v) is 1.76. The van der Waals surface area contributed by atoms with Gasteiger partial charge in [0.2, 0.25) is 0 Å². The van der Waals surface area contributed by atoms with E-state index in [1.807, 2.05) is 30.3 Å². The van der Waals surface area contributed by atoms with Crippen molar-refractivity contribution >= 4 is 10.9 Å². The molecule has 0 saturated carbocycles. The number of aliphatic hydroxyl groups is 1. The van der Waals surface area contributed by atoms with Crippen LogP contribution in [0.3, 0.4) is 0 Å². The quantitative estimate of drug-likeness (QED) is 0.693. The lowest BCUT2D eigenvalue weighted by molar-refractivity contribution is 0.210. The standard InChI is InChI=1S/C12H10N4O/c17-11(12-14-7-15-16-12)9-4-3-8-2-1-5-13-10(8)6-9/h1-7,11,17H,(H,14,15,16). The SMILES string of the molecule is OC(c1ccc2cccnc2c1)c1ncn[nH]1. The number of aromatic amines is 1. The van der Waals surface area contributed by atoms with Crippen LogP contribution in [0, 0.1) is 0 Å². The van der Waals surface area contributed by atoms with E-state index in [9.17, 15) is 5.11 Å². The fourth-order valence-electron chi connectivity index (χ4n) is 1.76. The lowest BCUT2D eigenvalue weighted by atomic mass is 10.1. The van der Waals surface area contributed by atoms with Crippen molar-refractivity contribution < 1.29 is 5.11 Å². The van der Waals surface area contributed by atoms with Gasteiger partial charge in [-0.15, -0.1) is 0 Å². The highest BCUT2D eigenvalue weighted by atomic mass is 16.3. The first-order valence-corrected chi connectivity index (χ1v) is 5.22. The molecule has 0 aliphatic rings. The number of H-pyrrole nitrogens is 1. The number of hydrogen-bond acceptors (Lipinski definition) is 4. The molecule has 0 bridgehead atoms. The average molecular weight is 226 g/mol. The van der Waals surface area contributed by atoms with Gasteiger partial charge in [-0.3, -0.25) is 10.1 Å². The second-order valence-corrected chi connectivity index (χ2v) is 3.73. The Balaban J connectivity index is 2.06. The van der Waals surface area contributed by atoms with E-state index in [-0.39, 0.29) is 0 Å². The van der Waals surface area contributed by atoms with Crippen molar-refractivity contribution in [2.24, 2.45) is 0 Å². The number of aliphatic hydroxyl groups excluding tert-OH is 1. The molecule has 1 unspecified atom stereocenters. The van der Waals surface area contributed by atoms with Crippen molar-refractivity contribution in [2.75, 3.05) is 0 Å². The lowest BCUT2D eigenvalue weighted by Gasteiger charge is -2.08. The normalized spacial score (nSPS) is 12.8. The Labute approximate surface area is 97.2 Å². The van der Waals surface area contributed by atoms with Gasteiger partial charge < -0.3 is 5.11 Å². The van der Waals surface area contributed by atoms with Crippen molar-refractivity contribution in [3.05, 3.63) is 54.2 Å². The van der Waals surface area contributed by atoms with Gasteiger partial charge in [-0.2, -0.15) is 5.10 Å². The van der Waals surface area contributed by atoms with Crippen LogP contribution in [0.15, 0.2) is 42.9 Å². The fraction of sp³-hybridized carbons (Fsp3) is 0.0833. The number of hydrogen-bond donors (Lipinski definition) is 2. The summed E-state index contributed by atoms with van der Waals surface area (Å²) in [6.45, 7) is 0. The first-order chi connectivity index (χ1) is 8.34. The van der Waals surface area contributed by atoms with Crippen molar-refractivity contribution in [2.45, 2.75) is 6.10 Å². The van der Waals surface area contributed by atoms with Crippen molar-refractivity contribution in [3.8, 4) is 0 Å². The molecule has 5 heteroatoms. The summed E-state index contributed by atoms with van der Waals surface area (Å²) in [6.07, 6.45) is 2.30. The van der Waals surface area contributed by atoms with Crippen molar-refractivity contribution in [1.29, 1.82) is 0 Å². The molecule has 5 nitrogen and oxygen atoms in total. The minimum atomic E-state index is -0.802. The van der Waals surface area contributed by atoms with Crippen LogP contribution in [-0.4, -0.2) is 25.3 Å². The van der Waals surface area contributed by atoms with Crippen LogP contribution in [0.2, 0.25) is 0 Å². The van der Waals surface area contributed by atoms with Crippen LogP contribution in [0.5, 0.6) is 0 Å². The van der Waals surface area contributed by atoms with Crippen molar-refractivity contribution in [3.63, 3.8) is 0 Å². The molecule has 1 aromatic carbocycles. The lowest BCUT2D eigenvalue weighted by Crippen LogP contribution is -2.02. The Kier molecular flexibility index (Phi) is 2.31. The van der Waals surface area contributed by atoms with Crippen LogP contribution >= 0.6 is 0 Å². The van der Waals surface area contributed by atoms with E-state index in [1.165, 1.54) is 6.33 Å². The topological polar surface area (TPSA) is 74.7 Å². The third-order valence-electron chi connectivity index (χ3n) is 2.64. The van der Waals surface area contributed by atoms with Crippen LogP contribution in [-0.2, 0) is 0 Å². The number of pyridine rings is 1. The Morgan fingerprint density at radius 3 is 2.94 bits per heavy atom. The summed E-state index contributed by atoms with van der Waals surface area (Å²) in [5.41, 5.74) is 1.59. The molecule has 3 aromatic rings. The highest BCUT2D eigenvalue weighted by Crippen LogP contribution is 2.21. The molecule has 2 aromatic heterocycles. The molecule has 0 fully saturated rings. The Morgan fingerprint density at radius 1 is 1.18 bits per heavy atom. The maximum Gasteiger partial charge on any atom is 0.157 e. The molecule has 84 valence electrons. The van der Waals surface area contributed by atoms with E-state index in [0.717, 1.165) is 16.5 Å². The van der Waals surface area contributed by atoms with Gasteiger partial charge in [-0.1, -0.05) is 18.2 Å². The van der Waals surface area contributed by atoms with Crippen LogP contribution in [0.1, 0.15) is 17.5 Å². The monoisotopic (exact) mass is 226 g/mol. The maximum atomic E-state index is 10.1. The molecule has 3 rings (SSSR count). The predicted octanol–water partition coefficient (Wildman–Crippen LogP) is 1.43. The van der Waals surface area contributed by atoms with Gasteiger partial charge in [-0.05, 0) is 17.7 Å². The third-order valence-corrected chi connectivity index (χ3v) is 2.64. The highest BCUT2D eigenvalue weighted by Gasteiger charge is 2.13. The summed E-state index contributed by atoms with van der Waals surface area (Å²) >= 11 is 0. The van der Waals surface area contributed by atoms with E-state index in [4.69, 9.17) is 0 Å². The molecule has 2 heterocycles. The van der Waals surface area contributed by atoms with Gasteiger partial charge in [0, 0.05) is 11.6 Å². The summed E-state index contributed by atoms with van der Waals surface area (Å²) < 4.78 is 0. The van der Waals surface area contributed by atoms with E-state index >= 15 is 0 Å². The highest BCUT2D eigenvalue weighted by molar-refractivity contribution is 5.79. The van der Waals surface area contributed by atoms with E-state index in [1.54, 1.807) is 6.20 Å². The second kappa shape index (κ2) is 3.95. The first-order valence-electron chi connectivity index (χ1n) is 5.22. The molecule has 0 aliphatic heterocycles. The molecule has 0 saturated heterocycles. The van der Waals surface area contributed by atoms with E-state index in [2.05, 4.69) is 20.2 Å². The molecule has 0 aliphatic carbocycles. The molecule has 2 N–H and O–H groups in total. The number of benzene rings is 1. The Morgan fingerprint density at radius 2 is 2.12 bits per heavy atom. The maximum absolute atomic E-state index is 10.1. The van der Waals surface area contributed by atoms with E-state index in [0.29, 0.717) is 5.82 Å². The van der Waals surface area contributed by atoms with Gasteiger partial charge in [0.15, 0.2) is 5.82 Å². The molecule has 0 amide bonds. The first kappa shape index (κ1) is 9.92. The van der Waals surface area contributed by atoms with Gasteiger partial charge in [-0.25, -0.2) is 4.98 Å². The molecule has 0 spiro atoms. The number of nitrogens with one attached hydrogen (secondary N) is 1. The molecule has 0 radical (unpaired) electrons.